The lowest BCUT2D eigenvalue weighted by Gasteiger charge is -2.36. The van der Waals surface area contributed by atoms with Crippen LogP contribution in [-0.4, -0.2) is 56.6 Å². The Kier molecular flexibility index (Phi) is 5.11. The molecule has 1 atom stereocenters. The highest BCUT2D eigenvalue weighted by molar-refractivity contribution is 5.75. The second-order valence-corrected chi connectivity index (χ2v) is 6.59. The average molecular weight is 364 g/mol. The fourth-order valence-corrected chi connectivity index (χ4v) is 3.32. The number of piperidine rings is 1. The lowest BCUT2D eigenvalue weighted by molar-refractivity contribution is 0.00917. The summed E-state index contributed by atoms with van der Waals surface area (Å²) in [4.78, 5) is 25.5. The SMILES string of the molecule is COc1ccc(OC)c(C(C)NC(=O)N2CCC3(CC2)COC(=O)O3)c1. The van der Waals surface area contributed by atoms with Gasteiger partial charge in [0.1, 0.15) is 18.1 Å². The minimum absolute atomic E-state index is 0.164. The van der Waals surface area contributed by atoms with Crippen LogP contribution < -0.4 is 14.8 Å². The van der Waals surface area contributed by atoms with Crippen LogP contribution in [0.2, 0.25) is 0 Å². The molecule has 142 valence electrons. The number of cyclic esters (lactones) is 1. The number of urea groups is 1. The molecule has 1 spiro atoms. The van der Waals surface area contributed by atoms with Gasteiger partial charge in [0, 0.05) is 31.5 Å². The number of rotatable bonds is 4. The molecule has 2 fully saturated rings. The van der Waals surface area contributed by atoms with E-state index in [2.05, 4.69) is 5.32 Å². The first-order valence-electron chi connectivity index (χ1n) is 8.59. The Labute approximate surface area is 152 Å². The molecule has 0 radical (unpaired) electrons. The van der Waals surface area contributed by atoms with Gasteiger partial charge in [-0.1, -0.05) is 0 Å². The van der Waals surface area contributed by atoms with Gasteiger partial charge >= 0.3 is 12.2 Å². The largest absolute Gasteiger partial charge is 0.509 e. The van der Waals surface area contributed by atoms with Gasteiger partial charge in [0.15, 0.2) is 5.60 Å². The zero-order valence-corrected chi connectivity index (χ0v) is 15.2. The molecule has 2 saturated heterocycles. The fourth-order valence-electron chi connectivity index (χ4n) is 3.32. The van der Waals surface area contributed by atoms with Crippen LogP contribution >= 0.6 is 0 Å². The molecular formula is C18H24N2O6. The highest BCUT2D eigenvalue weighted by atomic mass is 16.8. The highest BCUT2D eigenvalue weighted by Crippen LogP contribution is 2.32. The Morgan fingerprint density at radius 1 is 1.27 bits per heavy atom. The number of likely N-dealkylation sites (tertiary alicyclic amines) is 1. The number of nitrogens with zero attached hydrogens (tertiary/aromatic N) is 1. The molecule has 8 heteroatoms. The van der Waals surface area contributed by atoms with Crippen molar-refractivity contribution < 1.29 is 28.5 Å². The maximum Gasteiger partial charge on any atom is 0.509 e. The lowest BCUT2D eigenvalue weighted by Crippen LogP contribution is -2.51. The summed E-state index contributed by atoms with van der Waals surface area (Å²) in [5.74, 6) is 1.39. The number of methoxy groups -OCH3 is 2. The molecule has 2 heterocycles. The topological polar surface area (TPSA) is 86.3 Å². The van der Waals surface area contributed by atoms with Gasteiger partial charge in [0.25, 0.3) is 0 Å². The van der Waals surface area contributed by atoms with Crippen molar-refractivity contribution >= 4 is 12.2 Å². The van der Waals surface area contributed by atoms with Crippen LogP contribution in [-0.2, 0) is 9.47 Å². The van der Waals surface area contributed by atoms with Crippen molar-refractivity contribution in [1.29, 1.82) is 0 Å². The van der Waals surface area contributed by atoms with Gasteiger partial charge in [-0.15, -0.1) is 0 Å². The Morgan fingerprint density at radius 3 is 2.58 bits per heavy atom. The first-order chi connectivity index (χ1) is 12.5. The quantitative estimate of drug-likeness (QED) is 0.826. The summed E-state index contributed by atoms with van der Waals surface area (Å²) in [5.41, 5.74) is 0.266. The molecule has 8 nitrogen and oxygen atoms in total. The number of amides is 2. The number of benzene rings is 1. The second kappa shape index (κ2) is 7.31. The minimum atomic E-state index is -0.623. The highest BCUT2D eigenvalue weighted by Gasteiger charge is 2.45. The van der Waals surface area contributed by atoms with E-state index < -0.39 is 11.8 Å². The summed E-state index contributed by atoms with van der Waals surface area (Å²) in [7, 11) is 3.19. The number of nitrogens with one attached hydrogen (secondary N) is 1. The van der Waals surface area contributed by atoms with Crippen LogP contribution in [0.4, 0.5) is 9.59 Å². The first kappa shape index (κ1) is 18.2. The van der Waals surface area contributed by atoms with E-state index in [9.17, 15) is 9.59 Å². The van der Waals surface area contributed by atoms with Gasteiger partial charge in [-0.2, -0.15) is 0 Å². The summed E-state index contributed by atoms with van der Waals surface area (Å²) >= 11 is 0. The second-order valence-electron chi connectivity index (χ2n) is 6.59. The zero-order chi connectivity index (χ0) is 18.7. The summed E-state index contributed by atoms with van der Waals surface area (Å²) in [6.07, 6.45) is 0.521. The van der Waals surface area contributed by atoms with Crippen molar-refractivity contribution in [2.24, 2.45) is 0 Å². The molecule has 1 aromatic carbocycles. The Hall–Kier alpha value is -2.64. The lowest BCUT2D eigenvalue weighted by atomic mass is 9.92. The van der Waals surface area contributed by atoms with E-state index in [1.807, 2.05) is 25.1 Å². The van der Waals surface area contributed by atoms with Crippen LogP contribution in [0.15, 0.2) is 18.2 Å². The van der Waals surface area contributed by atoms with Crippen LogP contribution in [0.1, 0.15) is 31.4 Å². The average Bonchev–Trinajstić information content (AvgIpc) is 3.01. The predicted octanol–water partition coefficient (Wildman–Crippen LogP) is 2.48. The van der Waals surface area contributed by atoms with Crippen molar-refractivity contribution in [3.8, 4) is 11.5 Å². The van der Waals surface area contributed by atoms with Crippen molar-refractivity contribution in [2.75, 3.05) is 33.9 Å². The first-order valence-corrected chi connectivity index (χ1v) is 8.59. The minimum Gasteiger partial charge on any atom is -0.497 e. The van der Waals surface area contributed by atoms with E-state index in [4.69, 9.17) is 18.9 Å². The molecule has 1 aromatic rings. The number of carbonyl (C=O) groups is 2. The zero-order valence-electron chi connectivity index (χ0n) is 15.2. The summed E-state index contributed by atoms with van der Waals surface area (Å²) in [6.45, 7) is 3.17. The van der Waals surface area contributed by atoms with E-state index in [-0.39, 0.29) is 18.7 Å². The van der Waals surface area contributed by atoms with E-state index in [0.29, 0.717) is 37.4 Å². The molecule has 3 rings (SSSR count). The molecular weight excluding hydrogens is 340 g/mol. The van der Waals surface area contributed by atoms with Crippen LogP contribution in [0.3, 0.4) is 0 Å². The third-order valence-electron chi connectivity index (χ3n) is 4.96. The third kappa shape index (κ3) is 3.63. The Balaban J connectivity index is 1.61. The normalized spacial score (nSPS) is 19.5. The van der Waals surface area contributed by atoms with Gasteiger partial charge < -0.3 is 29.2 Å². The predicted molar refractivity (Wildman–Crippen MR) is 92.5 cm³/mol. The molecule has 2 amide bonds. The monoisotopic (exact) mass is 364 g/mol. The van der Waals surface area contributed by atoms with Crippen molar-refractivity contribution in [1.82, 2.24) is 10.2 Å². The molecule has 26 heavy (non-hydrogen) atoms. The maximum atomic E-state index is 12.6. The molecule has 0 aromatic heterocycles. The van der Waals surface area contributed by atoms with Crippen LogP contribution in [0, 0.1) is 0 Å². The van der Waals surface area contributed by atoms with Gasteiger partial charge in [0.2, 0.25) is 0 Å². The number of ether oxygens (including phenoxy) is 4. The van der Waals surface area contributed by atoms with E-state index >= 15 is 0 Å². The standard InChI is InChI=1S/C18H24N2O6/c1-12(14-10-13(23-2)4-5-15(14)24-3)19-16(21)20-8-6-18(7-9-20)11-25-17(22)26-18/h4-5,10,12H,6-9,11H2,1-3H3,(H,19,21). The van der Waals surface area contributed by atoms with E-state index in [1.54, 1.807) is 19.1 Å². The molecule has 1 N–H and O–H groups in total. The number of carbonyl (C=O) groups excluding carboxylic acids is 2. The Bertz CT molecular complexity index is 684. The summed E-state index contributed by atoms with van der Waals surface area (Å²) < 4.78 is 20.8. The Morgan fingerprint density at radius 2 is 2.00 bits per heavy atom. The van der Waals surface area contributed by atoms with Crippen molar-refractivity contribution in [3.63, 3.8) is 0 Å². The van der Waals surface area contributed by atoms with Gasteiger partial charge in [-0.05, 0) is 25.1 Å². The molecule has 2 aliphatic rings. The third-order valence-corrected chi connectivity index (χ3v) is 4.96. The number of hydrogen-bond acceptors (Lipinski definition) is 6. The fraction of sp³-hybridized carbons (Fsp3) is 0.556. The smallest absolute Gasteiger partial charge is 0.497 e. The van der Waals surface area contributed by atoms with E-state index in [1.165, 1.54) is 0 Å². The van der Waals surface area contributed by atoms with E-state index in [0.717, 1.165) is 5.56 Å². The molecule has 0 aliphatic carbocycles. The van der Waals surface area contributed by atoms with Crippen LogP contribution in [0.5, 0.6) is 11.5 Å². The summed E-state index contributed by atoms with van der Waals surface area (Å²) in [6, 6.07) is 5.06. The van der Waals surface area contributed by atoms with Gasteiger partial charge in [-0.25, -0.2) is 9.59 Å². The molecule has 2 aliphatic heterocycles. The maximum absolute atomic E-state index is 12.6. The summed E-state index contributed by atoms with van der Waals surface area (Å²) in [5, 5.41) is 2.99. The number of hydrogen-bond donors (Lipinski definition) is 1. The van der Waals surface area contributed by atoms with Gasteiger partial charge in [0.05, 0.1) is 20.3 Å². The van der Waals surface area contributed by atoms with Crippen molar-refractivity contribution in [2.45, 2.75) is 31.4 Å². The van der Waals surface area contributed by atoms with Crippen molar-refractivity contribution in [3.05, 3.63) is 23.8 Å². The molecule has 1 unspecified atom stereocenters. The van der Waals surface area contributed by atoms with Gasteiger partial charge in [-0.3, -0.25) is 0 Å². The van der Waals surface area contributed by atoms with Crippen LogP contribution in [0.25, 0.3) is 0 Å². The molecule has 0 bridgehead atoms. The molecule has 0 saturated carbocycles.